The average Bonchev–Trinajstić information content (AvgIpc) is 2.43. The Hall–Kier alpha value is -0.540. The van der Waals surface area contributed by atoms with Gasteiger partial charge in [-0.05, 0) is 49.3 Å². The predicted molar refractivity (Wildman–Crippen MR) is 92.8 cm³/mol. The number of hydrogen-bond acceptors (Lipinski definition) is 2. The van der Waals surface area contributed by atoms with Crippen molar-refractivity contribution in [3.05, 3.63) is 28.2 Å². The minimum Gasteiger partial charge on any atom is -0.493 e. The second-order valence-electron chi connectivity index (χ2n) is 6.94. The zero-order chi connectivity index (χ0) is 15.3. The average molecular weight is 354 g/mol. The van der Waals surface area contributed by atoms with Gasteiger partial charge in [0, 0.05) is 22.6 Å². The Bertz CT molecular complexity index is 459. The smallest absolute Gasteiger partial charge is 0.123 e. The first-order chi connectivity index (χ1) is 10.00. The summed E-state index contributed by atoms with van der Waals surface area (Å²) in [6, 6.07) is 6.93. The third-order valence-corrected chi connectivity index (χ3v) is 4.76. The molecule has 21 heavy (non-hydrogen) atoms. The minimum absolute atomic E-state index is 0.481. The molecule has 1 aliphatic carbocycles. The van der Waals surface area contributed by atoms with Crippen LogP contribution >= 0.6 is 15.9 Å². The summed E-state index contributed by atoms with van der Waals surface area (Å²) in [6.07, 6.45) is 6.30. The number of halogens is 1. The Labute approximate surface area is 137 Å². The van der Waals surface area contributed by atoms with E-state index in [2.05, 4.69) is 60.2 Å². The van der Waals surface area contributed by atoms with Crippen LogP contribution in [0, 0.1) is 5.41 Å². The van der Waals surface area contributed by atoms with Crippen LogP contribution in [0.1, 0.15) is 58.4 Å². The molecule has 2 nitrogen and oxygen atoms in total. The normalized spacial score (nSPS) is 21.2. The topological polar surface area (TPSA) is 21.3 Å². The first-order valence-corrected chi connectivity index (χ1v) is 8.94. The molecule has 0 bridgehead atoms. The number of rotatable bonds is 6. The molecule has 118 valence electrons. The van der Waals surface area contributed by atoms with Gasteiger partial charge in [-0.3, -0.25) is 0 Å². The van der Waals surface area contributed by atoms with Crippen molar-refractivity contribution in [3.63, 3.8) is 0 Å². The van der Waals surface area contributed by atoms with Gasteiger partial charge in [0.05, 0.1) is 6.61 Å². The molecule has 3 heteroatoms. The van der Waals surface area contributed by atoms with E-state index in [9.17, 15) is 0 Å². The molecule has 0 heterocycles. The highest BCUT2D eigenvalue weighted by Crippen LogP contribution is 2.35. The summed E-state index contributed by atoms with van der Waals surface area (Å²) in [5, 5.41) is 3.74. The quantitative estimate of drug-likeness (QED) is 0.749. The molecule has 0 aliphatic heterocycles. The molecule has 1 N–H and O–H groups in total. The molecule has 0 spiro atoms. The Morgan fingerprint density at radius 3 is 2.90 bits per heavy atom. The molecule has 1 aromatic carbocycles. The second kappa shape index (κ2) is 7.64. The first-order valence-electron chi connectivity index (χ1n) is 8.15. The van der Waals surface area contributed by atoms with E-state index in [4.69, 9.17) is 4.74 Å². The highest BCUT2D eigenvalue weighted by atomic mass is 79.9. The van der Waals surface area contributed by atoms with Crippen molar-refractivity contribution in [2.75, 3.05) is 6.61 Å². The lowest BCUT2D eigenvalue weighted by Gasteiger charge is -2.35. The number of hydrogen-bond donors (Lipinski definition) is 1. The molecule has 1 fully saturated rings. The third kappa shape index (κ3) is 5.30. The molecular formula is C18H28BrNO. The van der Waals surface area contributed by atoms with Crippen molar-refractivity contribution in [2.24, 2.45) is 5.41 Å². The monoisotopic (exact) mass is 353 g/mol. The molecule has 2 rings (SSSR count). The third-order valence-electron chi connectivity index (χ3n) is 4.27. The van der Waals surface area contributed by atoms with Crippen LogP contribution in [0.25, 0.3) is 0 Å². The maximum Gasteiger partial charge on any atom is 0.123 e. The molecule has 0 saturated heterocycles. The van der Waals surface area contributed by atoms with Gasteiger partial charge in [0.25, 0.3) is 0 Å². The second-order valence-corrected chi connectivity index (χ2v) is 7.85. The van der Waals surface area contributed by atoms with Crippen LogP contribution in [0.2, 0.25) is 0 Å². The van der Waals surface area contributed by atoms with E-state index in [1.54, 1.807) is 0 Å². The molecule has 0 amide bonds. The summed E-state index contributed by atoms with van der Waals surface area (Å²) in [5.41, 5.74) is 1.73. The van der Waals surface area contributed by atoms with Crippen molar-refractivity contribution in [1.82, 2.24) is 5.32 Å². The zero-order valence-corrected chi connectivity index (χ0v) is 15.1. The first kappa shape index (κ1) is 16.8. The van der Waals surface area contributed by atoms with Crippen LogP contribution in [-0.2, 0) is 6.54 Å². The molecule has 1 aliphatic rings. The lowest BCUT2D eigenvalue weighted by atomic mass is 9.75. The Kier molecular flexibility index (Phi) is 6.12. The van der Waals surface area contributed by atoms with Crippen molar-refractivity contribution >= 4 is 15.9 Å². The standard InChI is InChI=1S/C18H28BrNO/c1-4-10-21-17-8-7-15(19)11-14(17)13-20-16-6-5-9-18(2,3)12-16/h7-8,11,16,20H,4-6,9-10,12-13H2,1-3H3. The Morgan fingerprint density at radius 1 is 1.38 bits per heavy atom. The van der Waals surface area contributed by atoms with Crippen molar-refractivity contribution < 1.29 is 4.74 Å². The summed E-state index contributed by atoms with van der Waals surface area (Å²) in [7, 11) is 0. The van der Waals surface area contributed by atoms with Crippen LogP contribution in [0.3, 0.4) is 0 Å². The largest absolute Gasteiger partial charge is 0.493 e. The summed E-state index contributed by atoms with van der Waals surface area (Å²) >= 11 is 3.57. The van der Waals surface area contributed by atoms with E-state index < -0.39 is 0 Å². The molecule has 1 atom stereocenters. The van der Waals surface area contributed by atoms with Gasteiger partial charge in [0.1, 0.15) is 5.75 Å². The van der Waals surface area contributed by atoms with Gasteiger partial charge in [0.2, 0.25) is 0 Å². The Morgan fingerprint density at radius 2 is 2.19 bits per heavy atom. The predicted octanol–water partition coefficient (Wildman–Crippen LogP) is 5.30. The fourth-order valence-electron chi connectivity index (χ4n) is 3.17. The van der Waals surface area contributed by atoms with Gasteiger partial charge >= 0.3 is 0 Å². The van der Waals surface area contributed by atoms with E-state index in [0.717, 1.165) is 29.8 Å². The van der Waals surface area contributed by atoms with Gasteiger partial charge in [0.15, 0.2) is 0 Å². The van der Waals surface area contributed by atoms with Gasteiger partial charge < -0.3 is 10.1 Å². The molecule has 0 aromatic heterocycles. The SMILES string of the molecule is CCCOc1ccc(Br)cc1CNC1CCCC(C)(C)C1. The van der Waals surface area contributed by atoms with E-state index in [1.165, 1.54) is 31.2 Å². The highest BCUT2D eigenvalue weighted by Gasteiger charge is 2.27. The lowest BCUT2D eigenvalue weighted by molar-refractivity contribution is 0.197. The van der Waals surface area contributed by atoms with Crippen LogP contribution < -0.4 is 10.1 Å². The van der Waals surface area contributed by atoms with Gasteiger partial charge in [-0.15, -0.1) is 0 Å². The van der Waals surface area contributed by atoms with Crippen molar-refractivity contribution in [3.8, 4) is 5.75 Å². The minimum atomic E-state index is 0.481. The van der Waals surface area contributed by atoms with Gasteiger partial charge in [-0.25, -0.2) is 0 Å². The van der Waals surface area contributed by atoms with Crippen molar-refractivity contribution in [2.45, 2.75) is 65.5 Å². The lowest BCUT2D eigenvalue weighted by Crippen LogP contribution is -2.36. The van der Waals surface area contributed by atoms with E-state index in [0.29, 0.717) is 11.5 Å². The fraction of sp³-hybridized carbons (Fsp3) is 0.667. The molecular weight excluding hydrogens is 326 g/mol. The van der Waals surface area contributed by atoms with Crippen LogP contribution in [0.5, 0.6) is 5.75 Å². The van der Waals surface area contributed by atoms with Gasteiger partial charge in [-0.2, -0.15) is 0 Å². The summed E-state index contributed by atoms with van der Waals surface area (Å²) < 4.78 is 6.98. The summed E-state index contributed by atoms with van der Waals surface area (Å²) in [6.45, 7) is 8.58. The van der Waals surface area contributed by atoms with E-state index >= 15 is 0 Å². The van der Waals surface area contributed by atoms with Crippen LogP contribution in [0.15, 0.2) is 22.7 Å². The molecule has 1 unspecified atom stereocenters. The van der Waals surface area contributed by atoms with Crippen LogP contribution in [0.4, 0.5) is 0 Å². The molecule has 0 radical (unpaired) electrons. The Balaban J connectivity index is 1.96. The van der Waals surface area contributed by atoms with Crippen LogP contribution in [-0.4, -0.2) is 12.6 Å². The van der Waals surface area contributed by atoms with Gasteiger partial charge in [-0.1, -0.05) is 43.1 Å². The summed E-state index contributed by atoms with van der Waals surface area (Å²) in [5.74, 6) is 1.02. The van der Waals surface area contributed by atoms with E-state index in [1.807, 2.05) is 0 Å². The number of nitrogens with one attached hydrogen (secondary N) is 1. The highest BCUT2D eigenvalue weighted by molar-refractivity contribution is 9.10. The fourth-order valence-corrected chi connectivity index (χ4v) is 3.57. The van der Waals surface area contributed by atoms with Crippen molar-refractivity contribution in [1.29, 1.82) is 0 Å². The van der Waals surface area contributed by atoms with E-state index in [-0.39, 0.29) is 0 Å². The number of ether oxygens (including phenoxy) is 1. The maximum absolute atomic E-state index is 5.86. The zero-order valence-electron chi connectivity index (χ0n) is 13.5. The molecule has 1 aromatic rings. The number of benzene rings is 1. The summed E-state index contributed by atoms with van der Waals surface area (Å²) in [4.78, 5) is 0. The molecule has 1 saturated carbocycles. The maximum atomic E-state index is 5.86.